The minimum Gasteiger partial charge on any atom is -0.541 e. The smallest absolute Gasteiger partial charge is 0.250 e. The zero-order valence-corrected chi connectivity index (χ0v) is 19.8. The molecule has 0 fully saturated rings. The number of carbonyl (C=O) groups excluding carboxylic acids is 1. The highest BCUT2D eigenvalue weighted by Gasteiger charge is 2.41. The van der Waals surface area contributed by atoms with Crippen molar-refractivity contribution in [2.45, 2.75) is 90.6 Å². The molecule has 0 radical (unpaired) electrons. The Morgan fingerprint density at radius 2 is 1.44 bits per heavy atom. The molecular weight excluding hydrogens is 344 g/mol. The summed E-state index contributed by atoms with van der Waals surface area (Å²) in [6.07, 6.45) is 1.20. The number of carbonyl (C=O) groups is 1. The first kappa shape index (κ1) is 22.2. The second kappa shape index (κ2) is 7.42. The third-order valence-electron chi connectivity index (χ3n) is 5.84. The van der Waals surface area contributed by atoms with Gasteiger partial charge < -0.3 is 8.85 Å². The van der Waals surface area contributed by atoms with Gasteiger partial charge in [-0.25, -0.2) is 0 Å². The van der Waals surface area contributed by atoms with E-state index in [1.54, 1.807) is 0 Å². The summed E-state index contributed by atoms with van der Waals surface area (Å²) in [4.78, 5) is 12.3. The summed E-state index contributed by atoms with van der Waals surface area (Å²) >= 11 is 0. The summed E-state index contributed by atoms with van der Waals surface area (Å²) in [7, 11) is -3.81. The maximum Gasteiger partial charge on any atom is 0.250 e. The number of allylic oxidation sites excluding steroid dienone is 2. The van der Waals surface area contributed by atoms with E-state index >= 15 is 0 Å². The van der Waals surface area contributed by atoms with Gasteiger partial charge in [0, 0.05) is 12.0 Å². The van der Waals surface area contributed by atoms with Crippen LogP contribution in [-0.2, 0) is 13.6 Å². The van der Waals surface area contributed by atoms with Gasteiger partial charge in [0.1, 0.15) is 0 Å². The highest BCUT2D eigenvalue weighted by molar-refractivity contribution is 6.74. The quantitative estimate of drug-likeness (QED) is 0.467. The third kappa shape index (κ3) is 5.57. The van der Waals surface area contributed by atoms with Crippen molar-refractivity contribution in [3.63, 3.8) is 0 Å². The predicted octanol–water partition coefficient (Wildman–Crippen LogP) is 5.65. The average molecular weight is 381 g/mol. The van der Waals surface area contributed by atoms with Gasteiger partial charge in [-0.2, -0.15) is 0 Å². The minimum absolute atomic E-state index is 0.0624. The summed E-state index contributed by atoms with van der Waals surface area (Å²) < 4.78 is 12.4. The Bertz CT molecular complexity index is 606. The van der Waals surface area contributed by atoms with Crippen molar-refractivity contribution in [2.24, 2.45) is 0 Å². The van der Waals surface area contributed by atoms with Crippen LogP contribution in [-0.4, -0.2) is 29.0 Å². The van der Waals surface area contributed by atoms with Crippen molar-refractivity contribution in [3.8, 4) is 11.8 Å². The van der Waals surface area contributed by atoms with Gasteiger partial charge >= 0.3 is 0 Å². The van der Waals surface area contributed by atoms with Crippen molar-refractivity contribution in [2.75, 3.05) is 6.61 Å². The van der Waals surface area contributed by atoms with Gasteiger partial charge in [-0.1, -0.05) is 53.4 Å². The molecule has 0 heterocycles. The second-order valence-corrected chi connectivity index (χ2v) is 19.5. The Balaban J connectivity index is 2.90. The predicted molar refractivity (Wildman–Crippen MR) is 110 cm³/mol. The fourth-order valence-corrected chi connectivity index (χ4v) is 3.78. The lowest BCUT2D eigenvalue weighted by atomic mass is 10.2. The van der Waals surface area contributed by atoms with Crippen LogP contribution in [0.4, 0.5) is 0 Å². The van der Waals surface area contributed by atoms with Gasteiger partial charge in [-0.05, 0) is 42.7 Å². The minimum atomic E-state index is -2.03. The Kier molecular flexibility index (Phi) is 6.59. The molecule has 142 valence electrons. The van der Waals surface area contributed by atoms with Crippen LogP contribution in [0, 0.1) is 11.8 Å². The molecule has 0 saturated heterocycles. The van der Waals surface area contributed by atoms with E-state index in [4.69, 9.17) is 8.85 Å². The maximum absolute atomic E-state index is 12.3. The van der Waals surface area contributed by atoms with E-state index in [-0.39, 0.29) is 15.9 Å². The first-order valence-electron chi connectivity index (χ1n) is 9.17. The highest BCUT2D eigenvalue weighted by Crippen LogP contribution is 2.40. The molecule has 1 rings (SSSR count). The molecule has 0 amide bonds. The van der Waals surface area contributed by atoms with Crippen molar-refractivity contribution in [3.05, 3.63) is 11.3 Å². The topological polar surface area (TPSA) is 35.5 Å². The molecule has 0 bridgehead atoms. The van der Waals surface area contributed by atoms with Crippen molar-refractivity contribution >= 4 is 22.4 Å². The van der Waals surface area contributed by atoms with Gasteiger partial charge in [0.15, 0.2) is 19.9 Å². The molecule has 25 heavy (non-hydrogen) atoms. The monoisotopic (exact) mass is 380 g/mol. The van der Waals surface area contributed by atoms with Crippen LogP contribution >= 0.6 is 0 Å². The summed E-state index contributed by atoms with van der Waals surface area (Å²) in [6.45, 7) is 22.4. The molecule has 0 atom stereocenters. The number of Topliss-reactive ketones (excluding diaryl/α,β-unsaturated/α-hetero) is 1. The van der Waals surface area contributed by atoms with Crippen molar-refractivity contribution < 1.29 is 13.6 Å². The largest absolute Gasteiger partial charge is 0.541 e. The van der Waals surface area contributed by atoms with Crippen molar-refractivity contribution in [1.29, 1.82) is 0 Å². The standard InChI is InChI=1S/C20H36O3Si2/c1-19(2,3)24(7,8)22-15-11-12-16-13-14-17(21)18(16)23-25(9,10)20(4,5)6/h13-15H2,1-10H3. The molecule has 0 aromatic carbocycles. The average Bonchev–Trinajstić information content (AvgIpc) is 2.73. The van der Waals surface area contributed by atoms with Crippen LogP contribution in [0.15, 0.2) is 11.3 Å². The molecule has 0 saturated carbocycles. The molecule has 5 heteroatoms. The number of hydrogen-bond donors (Lipinski definition) is 0. The van der Waals surface area contributed by atoms with Crippen LogP contribution < -0.4 is 0 Å². The van der Waals surface area contributed by atoms with E-state index in [0.717, 1.165) is 5.57 Å². The SMILES string of the molecule is CC(C)(C)[Si](C)(C)OCC#CC1=C(O[Si](C)(C)C(C)(C)C)C(=O)CC1. The van der Waals surface area contributed by atoms with E-state index < -0.39 is 16.6 Å². The van der Waals surface area contributed by atoms with Crippen LogP contribution in [0.2, 0.25) is 36.3 Å². The molecule has 0 aliphatic heterocycles. The third-order valence-corrected chi connectivity index (χ3v) is 14.6. The lowest BCUT2D eigenvalue weighted by molar-refractivity contribution is -0.116. The molecule has 0 aromatic rings. The van der Waals surface area contributed by atoms with Gasteiger partial charge in [0.25, 0.3) is 8.32 Å². The first-order valence-corrected chi connectivity index (χ1v) is 15.0. The molecule has 3 nitrogen and oxygen atoms in total. The lowest BCUT2D eigenvalue weighted by Crippen LogP contribution is -2.41. The Hall–Kier alpha value is -0.836. The van der Waals surface area contributed by atoms with Gasteiger partial charge in [-0.3, -0.25) is 4.79 Å². The molecule has 1 aliphatic rings. The van der Waals surface area contributed by atoms with Gasteiger partial charge in [-0.15, -0.1) is 0 Å². The molecule has 1 aliphatic carbocycles. The number of rotatable bonds is 4. The molecular formula is C20H36O3Si2. The van der Waals surface area contributed by atoms with Gasteiger partial charge in [0.05, 0.1) is 6.61 Å². The summed E-state index contributed by atoms with van der Waals surface area (Å²) in [5.74, 6) is 6.90. The van der Waals surface area contributed by atoms with Crippen LogP contribution in [0.3, 0.4) is 0 Å². The summed E-state index contributed by atoms with van der Waals surface area (Å²) in [6, 6.07) is 0. The van der Waals surface area contributed by atoms with Crippen molar-refractivity contribution in [1.82, 2.24) is 0 Å². The fourth-order valence-electron chi connectivity index (χ4n) is 1.86. The van der Waals surface area contributed by atoms with E-state index in [0.29, 0.717) is 25.2 Å². The molecule has 0 unspecified atom stereocenters. The van der Waals surface area contributed by atoms with Crippen LogP contribution in [0.25, 0.3) is 0 Å². The zero-order valence-electron chi connectivity index (χ0n) is 17.8. The van der Waals surface area contributed by atoms with Crippen LogP contribution in [0.1, 0.15) is 54.4 Å². The first-order chi connectivity index (χ1) is 11.1. The summed E-state index contributed by atoms with van der Waals surface area (Å²) in [5, 5.41) is 0.237. The van der Waals surface area contributed by atoms with E-state index in [1.165, 1.54) is 0 Å². The molecule has 0 spiro atoms. The fraction of sp³-hybridized carbons (Fsp3) is 0.750. The number of hydrogen-bond acceptors (Lipinski definition) is 3. The highest BCUT2D eigenvalue weighted by atomic mass is 28.4. The number of ketones is 1. The summed E-state index contributed by atoms with van der Waals surface area (Å²) in [5.41, 5.74) is 0.855. The molecule has 0 aromatic heterocycles. The Morgan fingerprint density at radius 1 is 0.920 bits per heavy atom. The Labute approximate surface area is 156 Å². The zero-order chi connectivity index (χ0) is 19.7. The van der Waals surface area contributed by atoms with E-state index in [1.807, 2.05) is 0 Å². The normalized spacial score (nSPS) is 16.8. The lowest BCUT2D eigenvalue weighted by Gasteiger charge is -2.36. The molecule has 0 N–H and O–H groups in total. The van der Waals surface area contributed by atoms with Crippen LogP contribution in [0.5, 0.6) is 0 Å². The second-order valence-electron chi connectivity index (χ2n) is 9.94. The van der Waals surface area contributed by atoms with E-state index in [9.17, 15) is 4.79 Å². The van der Waals surface area contributed by atoms with Gasteiger partial charge in [0.2, 0.25) is 0 Å². The Morgan fingerprint density at radius 3 is 1.92 bits per heavy atom. The maximum atomic E-state index is 12.3. The van der Waals surface area contributed by atoms with E-state index in [2.05, 4.69) is 79.6 Å².